The van der Waals surface area contributed by atoms with Gasteiger partial charge in [0.1, 0.15) is 17.8 Å². The average Bonchev–Trinajstić information content (AvgIpc) is 2.40. The number of hydrogen-bond acceptors (Lipinski definition) is 5. The van der Waals surface area contributed by atoms with Gasteiger partial charge in [0.15, 0.2) is 0 Å². The molecule has 2 amide bonds. The molecule has 1 N–H and O–H groups in total. The van der Waals surface area contributed by atoms with E-state index in [1.165, 1.54) is 13.2 Å². The molecule has 0 spiro atoms. The highest BCUT2D eigenvalue weighted by Crippen LogP contribution is 2.16. The van der Waals surface area contributed by atoms with Gasteiger partial charge >= 0.3 is 0 Å². The molecule has 6 heteroatoms. The van der Waals surface area contributed by atoms with Crippen molar-refractivity contribution in [3.05, 3.63) is 24.0 Å². The van der Waals surface area contributed by atoms with Crippen molar-refractivity contribution in [2.45, 2.75) is 18.9 Å². The molecule has 0 saturated carbocycles. The van der Waals surface area contributed by atoms with E-state index in [1.54, 1.807) is 12.1 Å². The Balaban J connectivity index is 2.07. The van der Waals surface area contributed by atoms with Crippen LogP contribution in [0.3, 0.4) is 0 Å². The Morgan fingerprint density at radius 3 is 2.89 bits per heavy atom. The van der Waals surface area contributed by atoms with Crippen LogP contribution in [0.25, 0.3) is 0 Å². The summed E-state index contributed by atoms with van der Waals surface area (Å²) in [6, 6.07) is 4.77. The minimum atomic E-state index is -0.414. The molecule has 1 unspecified atom stereocenters. The molecule has 0 aliphatic carbocycles. The van der Waals surface area contributed by atoms with Crippen LogP contribution in [-0.4, -0.2) is 34.8 Å². The Labute approximate surface area is 104 Å². The molecule has 1 aliphatic heterocycles. The van der Waals surface area contributed by atoms with Gasteiger partial charge in [0.05, 0.1) is 11.9 Å². The molecule has 2 heterocycles. The number of nitrogens with one attached hydrogen (secondary N) is 1. The van der Waals surface area contributed by atoms with Gasteiger partial charge in [-0.15, -0.1) is 0 Å². The van der Waals surface area contributed by atoms with Crippen LogP contribution in [0.4, 0.5) is 5.69 Å². The van der Waals surface area contributed by atoms with E-state index in [0.29, 0.717) is 24.2 Å². The number of carbonyl (C=O) groups excluding carboxylic acids is 2. The smallest absolute Gasteiger partial charge is 0.251 e. The zero-order valence-electron chi connectivity index (χ0n) is 9.88. The number of rotatable bonds is 2. The lowest BCUT2D eigenvalue weighted by Gasteiger charge is -2.28. The Morgan fingerprint density at radius 1 is 1.50 bits per heavy atom. The maximum Gasteiger partial charge on any atom is 0.251 e. The van der Waals surface area contributed by atoms with Gasteiger partial charge in [-0.1, -0.05) is 0 Å². The summed E-state index contributed by atoms with van der Waals surface area (Å²) < 4.78 is 0. The van der Waals surface area contributed by atoms with Crippen LogP contribution >= 0.6 is 0 Å². The fraction of sp³-hybridized carbons (Fsp3) is 0.333. The predicted octanol–water partition coefficient (Wildman–Crippen LogP) is 0.513. The average molecular weight is 244 g/mol. The van der Waals surface area contributed by atoms with Crippen molar-refractivity contribution in [2.24, 2.45) is 0 Å². The van der Waals surface area contributed by atoms with E-state index < -0.39 is 6.04 Å². The molecule has 1 fully saturated rings. The lowest BCUT2D eigenvalue weighted by Crippen LogP contribution is -2.48. The van der Waals surface area contributed by atoms with E-state index in [1.807, 2.05) is 6.07 Å². The first-order valence-electron chi connectivity index (χ1n) is 5.55. The molecule has 18 heavy (non-hydrogen) atoms. The fourth-order valence-corrected chi connectivity index (χ4v) is 1.80. The normalized spacial score (nSPS) is 19.6. The molecule has 1 aliphatic rings. The first-order valence-corrected chi connectivity index (χ1v) is 5.55. The predicted molar refractivity (Wildman–Crippen MR) is 63.4 cm³/mol. The van der Waals surface area contributed by atoms with E-state index in [9.17, 15) is 9.59 Å². The van der Waals surface area contributed by atoms with Crippen LogP contribution in [0, 0.1) is 11.3 Å². The van der Waals surface area contributed by atoms with Gasteiger partial charge in [-0.25, -0.2) is 4.98 Å². The zero-order valence-corrected chi connectivity index (χ0v) is 9.88. The van der Waals surface area contributed by atoms with Crippen molar-refractivity contribution >= 4 is 17.5 Å². The van der Waals surface area contributed by atoms with Gasteiger partial charge < -0.3 is 5.32 Å². The number of likely N-dealkylation sites (tertiary alicyclic amines) is 1. The first-order chi connectivity index (χ1) is 8.61. The van der Waals surface area contributed by atoms with Crippen molar-refractivity contribution in [1.82, 2.24) is 9.88 Å². The molecule has 2 rings (SSSR count). The molecular formula is C12H12N4O2. The topological polar surface area (TPSA) is 86.1 Å². The molecule has 1 aromatic rings. The lowest BCUT2D eigenvalue weighted by atomic mass is 10.0. The summed E-state index contributed by atoms with van der Waals surface area (Å²) in [6.45, 7) is 0. The molecule has 0 radical (unpaired) electrons. The molecular weight excluding hydrogens is 232 g/mol. The highest BCUT2D eigenvalue weighted by Gasteiger charge is 2.31. The highest BCUT2D eigenvalue weighted by molar-refractivity contribution is 6.01. The number of amides is 2. The maximum atomic E-state index is 11.8. The first kappa shape index (κ1) is 12.0. The fourth-order valence-electron chi connectivity index (χ4n) is 1.80. The summed E-state index contributed by atoms with van der Waals surface area (Å²) in [7, 11) is 1.48. The number of aromatic nitrogens is 1. The number of imide groups is 1. The van der Waals surface area contributed by atoms with Crippen molar-refractivity contribution < 1.29 is 9.59 Å². The van der Waals surface area contributed by atoms with E-state index in [4.69, 9.17) is 5.26 Å². The highest BCUT2D eigenvalue weighted by atomic mass is 16.2. The Hall–Kier alpha value is -2.42. The number of nitrogens with zero attached hydrogens (tertiary/aromatic N) is 3. The largest absolute Gasteiger partial charge is 0.372 e. The minimum Gasteiger partial charge on any atom is -0.372 e. The van der Waals surface area contributed by atoms with Gasteiger partial charge in [0, 0.05) is 13.5 Å². The number of anilines is 1. The quantitative estimate of drug-likeness (QED) is 0.766. The lowest BCUT2D eigenvalue weighted by molar-refractivity contribution is -0.146. The number of likely N-dealkylation sites (N-methyl/N-ethyl adjacent to an activating group) is 1. The van der Waals surface area contributed by atoms with E-state index in [-0.39, 0.29) is 11.8 Å². The third-order valence-electron chi connectivity index (χ3n) is 2.87. The van der Waals surface area contributed by atoms with E-state index in [2.05, 4.69) is 10.3 Å². The van der Waals surface area contributed by atoms with Crippen molar-refractivity contribution in [3.8, 4) is 6.07 Å². The minimum absolute atomic E-state index is 0.156. The van der Waals surface area contributed by atoms with Gasteiger partial charge in [-0.3, -0.25) is 14.5 Å². The summed E-state index contributed by atoms with van der Waals surface area (Å²) in [4.78, 5) is 28.2. The van der Waals surface area contributed by atoms with E-state index in [0.717, 1.165) is 4.90 Å². The molecule has 1 aromatic heterocycles. The van der Waals surface area contributed by atoms with Crippen LogP contribution in [0.2, 0.25) is 0 Å². The molecule has 0 bridgehead atoms. The van der Waals surface area contributed by atoms with Gasteiger partial charge in [0.25, 0.3) is 5.91 Å². The molecule has 0 aromatic carbocycles. The summed E-state index contributed by atoms with van der Waals surface area (Å²) in [6.07, 6.45) is 2.33. The summed E-state index contributed by atoms with van der Waals surface area (Å²) in [5, 5.41) is 11.6. The van der Waals surface area contributed by atoms with Crippen molar-refractivity contribution in [3.63, 3.8) is 0 Å². The van der Waals surface area contributed by atoms with Crippen LogP contribution in [0.1, 0.15) is 18.5 Å². The van der Waals surface area contributed by atoms with Crippen molar-refractivity contribution in [2.75, 3.05) is 12.4 Å². The van der Waals surface area contributed by atoms with Gasteiger partial charge in [0.2, 0.25) is 5.91 Å². The standard InChI is InChI=1S/C12H12N4O2/c1-16-11(17)5-4-10(12(16)18)15-9-3-2-8(6-13)14-7-9/h2-3,7,10,15H,4-5H2,1H3. The van der Waals surface area contributed by atoms with Crippen LogP contribution in [0.5, 0.6) is 0 Å². The molecule has 1 saturated heterocycles. The van der Waals surface area contributed by atoms with Crippen molar-refractivity contribution in [1.29, 1.82) is 5.26 Å². The summed E-state index contributed by atoms with van der Waals surface area (Å²) in [5.41, 5.74) is 0.984. The molecule has 6 nitrogen and oxygen atoms in total. The third kappa shape index (κ3) is 2.30. The number of pyridine rings is 1. The second-order valence-electron chi connectivity index (χ2n) is 4.07. The van der Waals surface area contributed by atoms with Gasteiger partial charge in [-0.05, 0) is 18.6 Å². The number of hydrogen-bond donors (Lipinski definition) is 1. The Morgan fingerprint density at radius 2 is 2.28 bits per heavy atom. The maximum absolute atomic E-state index is 11.8. The van der Waals surface area contributed by atoms with E-state index >= 15 is 0 Å². The summed E-state index contributed by atoms with van der Waals surface area (Å²) in [5.74, 6) is -0.397. The van der Waals surface area contributed by atoms with Crippen LogP contribution in [0.15, 0.2) is 18.3 Å². The third-order valence-corrected chi connectivity index (χ3v) is 2.87. The zero-order chi connectivity index (χ0) is 13.1. The Bertz CT molecular complexity index is 518. The summed E-state index contributed by atoms with van der Waals surface area (Å²) >= 11 is 0. The number of carbonyl (C=O) groups is 2. The second-order valence-corrected chi connectivity index (χ2v) is 4.07. The monoisotopic (exact) mass is 244 g/mol. The van der Waals surface area contributed by atoms with Crippen LogP contribution in [-0.2, 0) is 9.59 Å². The number of nitriles is 1. The molecule has 1 atom stereocenters. The molecule has 92 valence electrons. The van der Waals surface area contributed by atoms with Gasteiger partial charge in [-0.2, -0.15) is 5.26 Å². The SMILES string of the molecule is CN1C(=O)CCC(Nc2ccc(C#N)nc2)C1=O. The second kappa shape index (κ2) is 4.84. The number of piperidine rings is 1. The Kier molecular flexibility index (Phi) is 3.24. The van der Waals surface area contributed by atoms with Crippen LogP contribution < -0.4 is 5.32 Å².